The van der Waals surface area contributed by atoms with Gasteiger partial charge in [-0.2, -0.15) is 0 Å². The molecule has 21 heavy (non-hydrogen) atoms. The molecule has 118 valence electrons. The van der Waals surface area contributed by atoms with Gasteiger partial charge in [0, 0.05) is 45.2 Å². The second-order valence-corrected chi connectivity index (χ2v) is 4.99. The number of methoxy groups -OCH3 is 1. The molecule has 1 aliphatic heterocycles. The van der Waals surface area contributed by atoms with E-state index in [0.717, 1.165) is 38.4 Å². The average Bonchev–Trinajstić information content (AvgIpc) is 2.96. The molecular weight excluding hydrogens is 272 g/mol. The number of piperidine rings is 1. The molecule has 0 radical (unpaired) electrons. The third-order valence-corrected chi connectivity index (χ3v) is 3.64. The van der Waals surface area contributed by atoms with Gasteiger partial charge in [-0.25, -0.2) is 9.78 Å². The monoisotopic (exact) mass is 296 g/mol. The Balaban J connectivity index is 1.87. The van der Waals surface area contributed by atoms with Crippen LogP contribution in [0.25, 0.3) is 0 Å². The van der Waals surface area contributed by atoms with Crippen LogP contribution in [-0.4, -0.2) is 60.5 Å². The van der Waals surface area contributed by atoms with Crippen molar-refractivity contribution in [3.05, 3.63) is 12.4 Å². The number of ether oxygens (including phenoxy) is 2. The molecule has 1 amide bonds. The van der Waals surface area contributed by atoms with E-state index in [1.165, 1.54) is 0 Å². The maximum atomic E-state index is 11.7. The van der Waals surface area contributed by atoms with Crippen LogP contribution in [-0.2, 0) is 9.47 Å². The summed E-state index contributed by atoms with van der Waals surface area (Å²) in [5, 5.41) is 3.27. The predicted octanol–water partition coefficient (Wildman–Crippen LogP) is 1.73. The first-order chi connectivity index (χ1) is 10.3. The number of anilines is 1. The fourth-order valence-electron chi connectivity index (χ4n) is 2.55. The van der Waals surface area contributed by atoms with Crippen LogP contribution in [0.4, 0.5) is 10.7 Å². The summed E-state index contributed by atoms with van der Waals surface area (Å²) in [6.45, 7) is 5.07. The van der Waals surface area contributed by atoms with E-state index in [-0.39, 0.29) is 6.09 Å². The topological polar surface area (TPSA) is 68.6 Å². The predicted molar refractivity (Wildman–Crippen MR) is 79.5 cm³/mol. The molecule has 1 saturated heterocycles. The number of hydrogen-bond acceptors (Lipinski definition) is 5. The Kier molecular flexibility index (Phi) is 5.86. The van der Waals surface area contributed by atoms with E-state index < -0.39 is 0 Å². The quantitative estimate of drug-likeness (QED) is 0.810. The lowest BCUT2D eigenvalue weighted by Gasteiger charge is -2.32. The number of hydrogen-bond donors (Lipinski definition) is 1. The SMILES string of the molecule is CCOC(=O)N1CCC(n2ccnc2NCCOC)CC1. The molecule has 0 spiro atoms. The Labute approximate surface area is 125 Å². The first kappa shape index (κ1) is 15.6. The minimum atomic E-state index is -0.208. The van der Waals surface area contributed by atoms with Crippen molar-refractivity contribution in [2.24, 2.45) is 0 Å². The lowest BCUT2D eigenvalue weighted by Crippen LogP contribution is -2.39. The normalized spacial score (nSPS) is 16.0. The first-order valence-electron chi connectivity index (χ1n) is 7.43. The number of carbonyl (C=O) groups excluding carboxylic acids is 1. The average molecular weight is 296 g/mol. The second-order valence-electron chi connectivity index (χ2n) is 4.99. The van der Waals surface area contributed by atoms with Gasteiger partial charge in [-0.15, -0.1) is 0 Å². The van der Waals surface area contributed by atoms with E-state index in [0.29, 0.717) is 19.3 Å². The van der Waals surface area contributed by atoms with Crippen molar-refractivity contribution < 1.29 is 14.3 Å². The summed E-state index contributed by atoms with van der Waals surface area (Å²) in [6, 6.07) is 0.364. The first-order valence-corrected chi connectivity index (χ1v) is 7.43. The van der Waals surface area contributed by atoms with Crippen LogP contribution in [0.15, 0.2) is 12.4 Å². The van der Waals surface area contributed by atoms with Gasteiger partial charge in [0.2, 0.25) is 5.95 Å². The van der Waals surface area contributed by atoms with Gasteiger partial charge in [-0.1, -0.05) is 0 Å². The summed E-state index contributed by atoms with van der Waals surface area (Å²) in [4.78, 5) is 17.8. The van der Waals surface area contributed by atoms with E-state index in [9.17, 15) is 4.79 Å². The number of aromatic nitrogens is 2. The molecule has 1 aromatic rings. The van der Waals surface area contributed by atoms with Crippen LogP contribution in [0.5, 0.6) is 0 Å². The summed E-state index contributed by atoms with van der Waals surface area (Å²) < 4.78 is 12.2. The maximum Gasteiger partial charge on any atom is 0.409 e. The number of imidazole rings is 1. The standard InChI is InChI=1S/C14H24N4O3/c1-3-21-14(19)17-8-4-12(5-9-17)18-10-6-15-13(18)16-7-11-20-2/h6,10,12H,3-5,7-9,11H2,1-2H3,(H,15,16). The molecule has 0 unspecified atom stereocenters. The van der Waals surface area contributed by atoms with E-state index >= 15 is 0 Å². The molecule has 7 nitrogen and oxygen atoms in total. The largest absolute Gasteiger partial charge is 0.450 e. The zero-order valence-corrected chi connectivity index (χ0v) is 12.7. The summed E-state index contributed by atoms with van der Waals surface area (Å²) in [7, 11) is 1.68. The van der Waals surface area contributed by atoms with Gasteiger partial charge in [-0.3, -0.25) is 0 Å². The van der Waals surface area contributed by atoms with Crippen molar-refractivity contribution in [1.29, 1.82) is 0 Å². The highest BCUT2D eigenvalue weighted by molar-refractivity contribution is 5.67. The molecule has 1 aromatic heterocycles. The molecule has 2 rings (SSSR count). The molecule has 0 aromatic carbocycles. The lowest BCUT2D eigenvalue weighted by molar-refractivity contribution is 0.0928. The minimum absolute atomic E-state index is 0.208. The Morgan fingerprint density at radius 1 is 1.48 bits per heavy atom. The molecule has 1 fully saturated rings. The van der Waals surface area contributed by atoms with E-state index in [2.05, 4.69) is 14.9 Å². The highest BCUT2D eigenvalue weighted by atomic mass is 16.6. The number of nitrogens with one attached hydrogen (secondary N) is 1. The van der Waals surface area contributed by atoms with E-state index in [4.69, 9.17) is 9.47 Å². The van der Waals surface area contributed by atoms with Gasteiger partial charge in [0.05, 0.1) is 13.2 Å². The fourth-order valence-corrected chi connectivity index (χ4v) is 2.55. The Morgan fingerprint density at radius 2 is 2.24 bits per heavy atom. The highest BCUT2D eigenvalue weighted by Crippen LogP contribution is 2.25. The Hall–Kier alpha value is -1.76. The van der Waals surface area contributed by atoms with Crippen LogP contribution < -0.4 is 5.32 Å². The third kappa shape index (κ3) is 4.10. The zero-order chi connectivity index (χ0) is 15.1. The van der Waals surface area contributed by atoms with Crippen molar-refractivity contribution in [3.63, 3.8) is 0 Å². The van der Waals surface area contributed by atoms with Crippen molar-refractivity contribution >= 4 is 12.0 Å². The maximum absolute atomic E-state index is 11.7. The second kappa shape index (κ2) is 7.87. The van der Waals surface area contributed by atoms with Crippen LogP contribution in [0, 0.1) is 0 Å². The number of rotatable bonds is 6. The Morgan fingerprint density at radius 3 is 2.90 bits per heavy atom. The van der Waals surface area contributed by atoms with Crippen molar-refractivity contribution in [2.45, 2.75) is 25.8 Å². The van der Waals surface area contributed by atoms with Crippen molar-refractivity contribution in [3.8, 4) is 0 Å². The van der Waals surface area contributed by atoms with Gasteiger partial charge in [-0.05, 0) is 19.8 Å². The van der Waals surface area contributed by atoms with E-state index in [1.807, 2.05) is 13.1 Å². The molecule has 0 aliphatic carbocycles. The number of carbonyl (C=O) groups is 1. The van der Waals surface area contributed by atoms with Gasteiger partial charge in [0.15, 0.2) is 0 Å². The smallest absolute Gasteiger partial charge is 0.409 e. The van der Waals surface area contributed by atoms with Gasteiger partial charge in [0.1, 0.15) is 0 Å². The number of nitrogens with zero attached hydrogens (tertiary/aromatic N) is 3. The molecule has 2 heterocycles. The van der Waals surface area contributed by atoms with Gasteiger partial charge >= 0.3 is 6.09 Å². The fraction of sp³-hybridized carbons (Fsp3) is 0.714. The van der Waals surface area contributed by atoms with E-state index in [1.54, 1.807) is 18.2 Å². The number of amides is 1. The zero-order valence-electron chi connectivity index (χ0n) is 12.7. The van der Waals surface area contributed by atoms with Crippen molar-refractivity contribution in [1.82, 2.24) is 14.5 Å². The molecule has 0 saturated carbocycles. The van der Waals surface area contributed by atoms with Crippen molar-refractivity contribution in [2.75, 3.05) is 45.3 Å². The minimum Gasteiger partial charge on any atom is -0.450 e. The molecule has 7 heteroatoms. The van der Waals surface area contributed by atoms with Gasteiger partial charge in [0.25, 0.3) is 0 Å². The van der Waals surface area contributed by atoms with Crippen LogP contribution in [0.3, 0.4) is 0 Å². The summed E-state index contributed by atoms with van der Waals surface area (Å²) >= 11 is 0. The summed E-state index contributed by atoms with van der Waals surface area (Å²) in [5.41, 5.74) is 0. The van der Waals surface area contributed by atoms with Crippen LogP contribution >= 0.6 is 0 Å². The number of likely N-dealkylation sites (tertiary alicyclic amines) is 1. The van der Waals surface area contributed by atoms with Gasteiger partial charge < -0.3 is 24.3 Å². The highest BCUT2D eigenvalue weighted by Gasteiger charge is 2.25. The summed E-state index contributed by atoms with van der Waals surface area (Å²) in [5.74, 6) is 0.863. The molecule has 1 aliphatic rings. The molecule has 1 N–H and O–H groups in total. The summed E-state index contributed by atoms with van der Waals surface area (Å²) in [6.07, 6.45) is 5.40. The molecule has 0 atom stereocenters. The van der Waals surface area contributed by atoms with Crippen LogP contribution in [0.2, 0.25) is 0 Å². The Bertz CT molecular complexity index is 441. The molecular formula is C14H24N4O3. The third-order valence-electron chi connectivity index (χ3n) is 3.64. The van der Waals surface area contributed by atoms with Crippen LogP contribution in [0.1, 0.15) is 25.8 Å². The molecule has 0 bridgehead atoms. The lowest BCUT2D eigenvalue weighted by atomic mass is 10.1.